The highest BCUT2D eigenvalue weighted by atomic mass is 19.4. The Morgan fingerprint density at radius 3 is 2.69 bits per heavy atom. The molecule has 0 aliphatic carbocycles. The van der Waals surface area contributed by atoms with Crippen LogP contribution in [0.3, 0.4) is 0 Å². The predicted octanol–water partition coefficient (Wildman–Crippen LogP) is 2.47. The number of halogens is 3. The molecule has 0 aromatic carbocycles. The Hall–Kier alpha value is -1.04. The van der Waals surface area contributed by atoms with E-state index in [0.29, 0.717) is 18.0 Å². The molecule has 1 aliphatic rings. The smallest absolute Gasteiger partial charge is 0.437 e. The molecule has 1 aliphatic heterocycles. The quantitative estimate of drug-likeness (QED) is 0.811. The van der Waals surface area contributed by atoms with Crippen LogP contribution in [0.15, 0.2) is 4.42 Å². The van der Waals surface area contributed by atoms with Crippen LogP contribution in [-0.2, 0) is 6.18 Å². The van der Waals surface area contributed by atoms with Crippen LogP contribution in [0.1, 0.15) is 36.1 Å². The molecule has 2 heterocycles. The maximum atomic E-state index is 12.4. The summed E-state index contributed by atoms with van der Waals surface area (Å²) in [5.41, 5.74) is 0.348. The molecule has 0 spiro atoms. The van der Waals surface area contributed by atoms with Crippen molar-refractivity contribution in [2.24, 2.45) is 0 Å². The number of alkyl halides is 3. The lowest BCUT2D eigenvalue weighted by Gasteiger charge is -2.20. The first-order valence-electron chi connectivity index (χ1n) is 5.23. The van der Waals surface area contributed by atoms with Crippen LogP contribution in [0.2, 0.25) is 0 Å². The van der Waals surface area contributed by atoms with Crippen LogP contribution in [-0.4, -0.2) is 18.1 Å². The summed E-state index contributed by atoms with van der Waals surface area (Å²) in [6, 6.07) is 0. The van der Waals surface area contributed by atoms with E-state index in [2.05, 4.69) is 10.3 Å². The Kier molecular flexibility index (Phi) is 2.92. The molecule has 6 heteroatoms. The summed E-state index contributed by atoms with van der Waals surface area (Å²) in [6.07, 6.45) is -2.70. The second-order valence-electron chi connectivity index (χ2n) is 4.01. The van der Waals surface area contributed by atoms with E-state index in [1.165, 1.54) is 0 Å². The zero-order valence-electron chi connectivity index (χ0n) is 8.90. The van der Waals surface area contributed by atoms with E-state index < -0.39 is 12.1 Å². The fraction of sp³-hybridized carbons (Fsp3) is 0.700. The second-order valence-corrected chi connectivity index (χ2v) is 4.01. The third-order valence-corrected chi connectivity index (χ3v) is 2.74. The van der Waals surface area contributed by atoms with Crippen LogP contribution in [0.25, 0.3) is 0 Å². The molecule has 1 aromatic heterocycles. The van der Waals surface area contributed by atoms with Gasteiger partial charge in [0.05, 0.1) is 5.69 Å². The first-order chi connectivity index (χ1) is 7.48. The van der Waals surface area contributed by atoms with Crippen molar-refractivity contribution in [2.75, 3.05) is 13.1 Å². The van der Waals surface area contributed by atoms with Crippen molar-refractivity contribution < 1.29 is 17.6 Å². The number of piperidine rings is 1. The highest BCUT2D eigenvalue weighted by molar-refractivity contribution is 5.15. The van der Waals surface area contributed by atoms with E-state index in [-0.39, 0.29) is 5.92 Å². The molecule has 90 valence electrons. The molecule has 1 unspecified atom stereocenters. The summed E-state index contributed by atoms with van der Waals surface area (Å²) in [5.74, 6) is -0.748. The fourth-order valence-electron chi connectivity index (χ4n) is 1.98. The summed E-state index contributed by atoms with van der Waals surface area (Å²) in [7, 11) is 0. The zero-order chi connectivity index (χ0) is 11.8. The summed E-state index contributed by atoms with van der Waals surface area (Å²) >= 11 is 0. The van der Waals surface area contributed by atoms with Gasteiger partial charge >= 0.3 is 12.1 Å². The molecule has 0 saturated carbocycles. The normalized spacial score (nSPS) is 22.4. The molecule has 0 bridgehead atoms. The second kappa shape index (κ2) is 4.08. The molecular weight excluding hydrogens is 221 g/mol. The lowest BCUT2D eigenvalue weighted by atomic mass is 9.96. The van der Waals surface area contributed by atoms with Gasteiger partial charge in [-0.25, -0.2) is 4.98 Å². The first kappa shape index (κ1) is 11.4. The molecule has 1 aromatic rings. The minimum absolute atomic E-state index is 0.0114. The summed E-state index contributed by atoms with van der Waals surface area (Å²) < 4.78 is 42.0. The van der Waals surface area contributed by atoms with Crippen molar-refractivity contribution >= 4 is 0 Å². The van der Waals surface area contributed by atoms with Gasteiger partial charge in [0.15, 0.2) is 0 Å². The molecule has 0 amide bonds. The van der Waals surface area contributed by atoms with Gasteiger partial charge in [0.2, 0.25) is 0 Å². The van der Waals surface area contributed by atoms with Crippen molar-refractivity contribution in [2.45, 2.75) is 31.9 Å². The maximum Gasteiger partial charge on any atom is 0.468 e. The maximum absolute atomic E-state index is 12.4. The predicted molar refractivity (Wildman–Crippen MR) is 51.1 cm³/mol. The van der Waals surface area contributed by atoms with E-state index >= 15 is 0 Å². The minimum atomic E-state index is -4.49. The largest absolute Gasteiger partial charge is 0.468 e. The van der Waals surface area contributed by atoms with Gasteiger partial charge in [-0.15, -0.1) is 0 Å². The molecule has 1 fully saturated rings. The van der Waals surface area contributed by atoms with Gasteiger partial charge in [0, 0.05) is 12.5 Å². The Bertz CT molecular complexity index is 367. The lowest BCUT2D eigenvalue weighted by molar-refractivity contribution is -0.157. The fourth-order valence-corrected chi connectivity index (χ4v) is 1.98. The van der Waals surface area contributed by atoms with Crippen molar-refractivity contribution in [3.63, 3.8) is 0 Å². The topological polar surface area (TPSA) is 38.1 Å². The number of hydrogen-bond donors (Lipinski definition) is 1. The van der Waals surface area contributed by atoms with Crippen molar-refractivity contribution in [3.05, 3.63) is 17.3 Å². The number of rotatable bonds is 1. The first-order valence-corrected chi connectivity index (χ1v) is 5.23. The van der Waals surface area contributed by atoms with Gasteiger partial charge in [0.25, 0.3) is 0 Å². The van der Waals surface area contributed by atoms with Gasteiger partial charge < -0.3 is 9.73 Å². The molecule has 1 saturated heterocycles. The highest BCUT2D eigenvalue weighted by Crippen LogP contribution is 2.33. The van der Waals surface area contributed by atoms with E-state index in [1.807, 2.05) is 0 Å². The van der Waals surface area contributed by atoms with Crippen LogP contribution < -0.4 is 5.32 Å². The number of nitrogens with one attached hydrogen (secondary N) is 1. The summed E-state index contributed by atoms with van der Waals surface area (Å²) in [6.45, 7) is 3.13. The summed E-state index contributed by atoms with van der Waals surface area (Å²) in [4.78, 5) is 3.44. The third-order valence-electron chi connectivity index (χ3n) is 2.74. The molecular formula is C10H13F3N2O. The average molecular weight is 234 g/mol. The van der Waals surface area contributed by atoms with Crippen LogP contribution in [0.5, 0.6) is 0 Å². The Morgan fingerprint density at radius 1 is 1.44 bits per heavy atom. The molecule has 2 rings (SSSR count). The van der Waals surface area contributed by atoms with Crippen LogP contribution >= 0.6 is 0 Å². The standard InChI is InChI=1S/C10H13F3N2O/c1-6-8(7-3-2-4-14-5-7)16-9(15-6)10(11,12)13/h7,14H,2-5H2,1H3. The number of aryl methyl sites for hydroxylation is 1. The minimum Gasteiger partial charge on any atom is -0.437 e. The molecule has 1 N–H and O–H groups in total. The van der Waals surface area contributed by atoms with Gasteiger partial charge in [-0.05, 0) is 26.3 Å². The van der Waals surface area contributed by atoms with E-state index in [0.717, 1.165) is 19.4 Å². The molecule has 0 radical (unpaired) electrons. The van der Waals surface area contributed by atoms with Gasteiger partial charge in [-0.1, -0.05) is 0 Å². The monoisotopic (exact) mass is 234 g/mol. The van der Waals surface area contributed by atoms with E-state index in [1.54, 1.807) is 6.92 Å². The van der Waals surface area contributed by atoms with Crippen molar-refractivity contribution in [1.82, 2.24) is 10.3 Å². The SMILES string of the molecule is Cc1nc(C(F)(F)F)oc1C1CCCNC1. The van der Waals surface area contributed by atoms with Crippen LogP contribution in [0, 0.1) is 6.92 Å². The van der Waals surface area contributed by atoms with E-state index in [9.17, 15) is 13.2 Å². The Labute approximate surface area is 91.0 Å². The van der Waals surface area contributed by atoms with E-state index in [4.69, 9.17) is 4.42 Å². The summed E-state index contributed by atoms with van der Waals surface area (Å²) in [5, 5.41) is 3.14. The third kappa shape index (κ3) is 2.21. The molecule has 16 heavy (non-hydrogen) atoms. The average Bonchev–Trinajstić information content (AvgIpc) is 2.61. The zero-order valence-corrected chi connectivity index (χ0v) is 8.90. The Morgan fingerprint density at radius 2 is 2.19 bits per heavy atom. The molecule has 3 nitrogen and oxygen atoms in total. The number of hydrogen-bond acceptors (Lipinski definition) is 3. The van der Waals surface area contributed by atoms with Crippen molar-refractivity contribution in [3.8, 4) is 0 Å². The van der Waals surface area contributed by atoms with Crippen molar-refractivity contribution in [1.29, 1.82) is 0 Å². The highest BCUT2D eigenvalue weighted by Gasteiger charge is 2.39. The molecule has 1 atom stereocenters. The van der Waals surface area contributed by atoms with Gasteiger partial charge in [0.1, 0.15) is 5.76 Å². The lowest BCUT2D eigenvalue weighted by Crippen LogP contribution is -2.28. The Balaban J connectivity index is 2.24. The van der Waals surface area contributed by atoms with Gasteiger partial charge in [-0.3, -0.25) is 0 Å². The van der Waals surface area contributed by atoms with Crippen LogP contribution in [0.4, 0.5) is 13.2 Å². The number of aromatic nitrogens is 1. The number of nitrogens with zero attached hydrogens (tertiary/aromatic N) is 1. The number of oxazole rings is 1. The van der Waals surface area contributed by atoms with Gasteiger partial charge in [-0.2, -0.15) is 13.2 Å².